The third-order valence-corrected chi connectivity index (χ3v) is 3.75. The molecule has 2 aromatic rings. The third-order valence-electron chi connectivity index (χ3n) is 3.16. The molecule has 2 nitrogen and oxygen atoms in total. The summed E-state index contributed by atoms with van der Waals surface area (Å²) in [4.78, 5) is 0. The van der Waals surface area contributed by atoms with Gasteiger partial charge < -0.3 is 9.84 Å². The lowest BCUT2D eigenvalue weighted by molar-refractivity contribution is 0.134. The van der Waals surface area contributed by atoms with Crippen molar-refractivity contribution in [2.45, 2.75) is 12.5 Å². The van der Waals surface area contributed by atoms with Gasteiger partial charge in [-0.25, -0.2) is 0 Å². The molecule has 1 atom stereocenters. The van der Waals surface area contributed by atoms with Gasteiger partial charge in [0.25, 0.3) is 0 Å². The number of rotatable bonds is 2. The summed E-state index contributed by atoms with van der Waals surface area (Å²) in [5.41, 5.74) is 3.51. The Morgan fingerprint density at radius 2 is 1.94 bits per heavy atom. The van der Waals surface area contributed by atoms with Gasteiger partial charge in [-0.05, 0) is 44.8 Å². The van der Waals surface area contributed by atoms with Crippen LogP contribution in [0.1, 0.15) is 5.56 Å². The molecule has 1 heterocycles. The van der Waals surface area contributed by atoms with Gasteiger partial charge in [0, 0.05) is 6.42 Å². The summed E-state index contributed by atoms with van der Waals surface area (Å²) >= 11 is 3.55. The Balaban J connectivity index is 2.04. The first-order valence-electron chi connectivity index (χ1n) is 5.93. The number of hydrogen-bond acceptors (Lipinski definition) is 2. The maximum Gasteiger partial charge on any atom is 0.137 e. The predicted molar refractivity (Wildman–Crippen MR) is 74.8 cm³/mol. The van der Waals surface area contributed by atoms with E-state index in [-0.39, 0.29) is 12.7 Å². The minimum Gasteiger partial charge on any atom is -0.486 e. The number of halogens is 1. The van der Waals surface area contributed by atoms with Crippen molar-refractivity contribution in [2.24, 2.45) is 0 Å². The number of benzene rings is 2. The monoisotopic (exact) mass is 304 g/mol. The molecular weight excluding hydrogens is 292 g/mol. The van der Waals surface area contributed by atoms with Gasteiger partial charge in [0.1, 0.15) is 11.9 Å². The average Bonchev–Trinajstić information content (AvgIpc) is 2.83. The molecule has 1 aliphatic heterocycles. The summed E-state index contributed by atoms with van der Waals surface area (Å²) in [7, 11) is 0. The molecule has 92 valence electrons. The van der Waals surface area contributed by atoms with E-state index >= 15 is 0 Å². The maximum absolute atomic E-state index is 9.18. The fourth-order valence-corrected chi connectivity index (χ4v) is 2.88. The highest BCUT2D eigenvalue weighted by atomic mass is 79.9. The predicted octanol–water partition coefficient (Wildman–Crippen LogP) is 3.41. The van der Waals surface area contributed by atoms with E-state index in [1.165, 1.54) is 11.1 Å². The van der Waals surface area contributed by atoms with E-state index in [1.54, 1.807) is 0 Å². The highest BCUT2D eigenvalue weighted by Gasteiger charge is 2.25. The lowest BCUT2D eigenvalue weighted by atomic mass is 10.0. The van der Waals surface area contributed by atoms with Gasteiger partial charge >= 0.3 is 0 Å². The lowest BCUT2D eigenvalue weighted by Crippen LogP contribution is -2.17. The molecule has 0 amide bonds. The molecule has 0 saturated heterocycles. The van der Waals surface area contributed by atoms with Gasteiger partial charge in [0.15, 0.2) is 0 Å². The number of aliphatic hydroxyl groups excluding tert-OH is 1. The summed E-state index contributed by atoms with van der Waals surface area (Å²) in [5, 5.41) is 9.18. The molecule has 0 fully saturated rings. The Morgan fingerprint density at radius 1 is 1.17 bits per heavy atom. The van der Waals surface area contributed by atoms with Crippen LogP contribution in [0.4, 0.5) is 0 Å². The molecule has 0 saturated carbocycles. The summed E-state index contributed by atoms with van der Waals surface area (Å²) in [6, 6.07) is 14.5. The zero-order valence-corrected chi connectivity index (χ0v) is 11.4. The smallest absolute Gasteiger partial charge is 0.137 e. The second-order valence-electron chi connectivity index (χ2n) is 4.44. The summed E-state index contributed by atoms with van der Waals surface area (Å²) < 4.78 is 6.63. The lowest BCUT2D eigenvalue weighted by Gasteiger charge is -2.08. The Labute approximate surface area is 114 Å². The van der Waals surface area contributed by atoms with Crippen molar-refractivity contribution in [3.63, 3.8) is 0 Å². The SMILES string of the molecule is OC[C@@H]1Cc2cc(-c3ccccc3)cc(Br)c2O1. The zero-order valence-electron chi connectivity index (χ0n) is 9.77. The topological polar surface area (TPSA) is 29.5 Å². The van der Waals surface area contributed by atoms with Gasteiger partial charge in [-0.15, -0.1) is 0 Å². The van der Waals surface area contributed by atoms with Crippen LogP contribution in [-0.2, 0) is 6.42 Å². The fourth-order valence-electron chi connectivity index (χ4n) is 2.29. The molecular formula is C15H13BrO2. The molecule has 0 aliphatic carbocycles. The molecule has 1 N–H and O–H groups in total. The van der Waals surface area contributed by atoms with Gasteiger partial charge in [-0.1, -0.05) is 30.3 Å². The summed E-state index contributed by atoms with van der Waals surface area (Å²) in [6.45, 7) is 0.0573. The molecule has 0 radical (unpaired) electrons. The minimum atomic E-state index is -0.109. The van der Waals surface area contributed by atoms with Gasteiger partial charge in [0.05, 0.1) is 11.1 Å². The molecule has 18 heavy (non-hydrogen) atoms. The van der Waals surface area contributed by atoms with Crippen molar-refractivity contribution < 1.29 is 9.84 Å². The Kier molecular flexibility index (Phi) is 3.10. The Morgan fingerprint density at radius 3 is 2.67 bits per heavy atom. The summed E-state index contributed by atoms with van der Waals surface area (Å²) in [5.74, 6) is 0.869. The van der Waals surface area contributed by atoms with E-state index in [4.69, 9.17) is 4.74 Å². The molecule has 0 unspecified atom stereocenters. The summed E-state index contributed by atoms with van der Waals surface area (Å²) in [6.07, 6.45) is 0.660. The second-order valence-corrected chi connectivity index (χ2v) is 5.29. The fraction of sp³-hybridized carbons (Fsp3) is 0.200. The van der Waals surface area contributed by atoms with Gasteiger partial charge in [-0.3, -0.25) is 0 Å². The minimum absolute atomic E-state index is 0.0573. The normalized spacial score (nSPS) is 17.3. The molecule has 1 aliphatic rings. The van der Waals surface area contributed by atoms with E-state index in [2.05, 4.69) is 40.2 Å². The third kappa shape index (κ3) is 2.04. The van der Waals surface area contributed by atoms with Crippen LogP contribution in [0, 0.1) is 0 Å². The molecule has 0 spiro atoms. The van der Waals surface area contributed by atoms with E-state index < -0.39 is 0 Å². The van der Waals surface area contributed by atoms with Crippen LogP contribution in [0.15, 0.2) is 46.9 Å². The van der Waals surface area contributed by atoms with Crippen molar-refractivity contribution in [3.8, 4) is 16.9 Å². The average molecular weight is 305 g/mol. The highest BCUT2D eigenvalue weighted by molar-refractivity contribution is 9.10. The largest absolute Gasteiger partial charge is 0.486 e. The molecule has 3 rings (SSSR count). The van der Waals surface area contributed by atoms with Crippen molar-refractivity contribution in [3.05, 3.63) is 52.5 Å². The second kappa shape index (κ2) is 4.75. The van der Waals surface area contributed by atoms with Gasteiger partial charge in [0.2, 0.25) is 0 Å². The number of ether oxygens (including phenoxy) is 1. The standard InChI is InChI=1S/C15H13BrO2/c16-14-8-11(10-4-2-1-3-5-10)6-12-7-13(9-17)18-15(12)14/h1-6,8,13,17H,7,9H2/t13-/m0/s1. The van der Waals surface area contributed by atoms with Crippen LogP contribution in [0.3, 0.4) is 0 Å². The number of fused-ring (bicyclic) bond motifs is 1. The van der Waals surface area contributed by atoms with Gasteiger partial charge in [-0.2, -0.15) is 0 Å². The first kappa shape index (κ1) is 11.8. The zero-order chi connectivity index (χ0) is 12.5. The van der Waals surface area contributed by atoms with E-state index in [0.29, 0.717) is 0 Å². The van der Waals surface area contributed by atoms with Crippen LogP contribution in [0.2, 0.25) is 0 Å². The van der Waals surface area contributed by atoms with Crippen LogP contribution < -0.4 is 4.74 Å². The van der Waals surface area contributed by atoms with Crippen molar-refractivity contribution in [2.75, 3.05) is 6.61 Å². The van der Waals surface area contributed by atoms with Crippen LogP contribution in [-0.4, -0.2) is 17.8 Å². The van der Waals surface area contributed by atoms with Crippen LogP contribution in [0.25, 0.3) is 11.1 Å². The van der Waals surface area contributed by atoms with Crippen molar-refractivity contribution in [1.82, 2.24) is 0 Å². The molecule has 2 aromatic carbocycles. The number of aliphatic hydroxyl groups is 1. The molecule has 0 bridgehead atoms. The number of hydrogen-bond donors (Lipinski definition) is 1. The Bertz CT molecular complexity index is 566. The van der Waals surface area contributed by atoms with Crippen molar-refractivity contribution in [1.29, 1.82) is 0 Å². The maximum atomic E-state index is 9.18. The quantitative estimate of drug-likeness (QED) is 0.921. The van der Waals surface area contributed by atoms with Crippen LogP contribution in [0.5, 0.6) is 5.75 Å². The van der Waals surface area contributed by atoms with Crippen molar-refractivity contribution >= 4 is 15.9 Å². The first-order valence-corrected chi connectivity index (χ1v) is 6.72. The Hall–Kier alpha value is -1.32. The molecule has 3 heteroatoms. The van der Waals surface area contributed by atoms with Crippen LogP contribution >= 0.6 is 15.9 Å². The van der Waals surface area contributed by atoms with E-state index in [1.807, 2.05) is 18.2 Å². The van der Waals surface area contributed by atoms with E-state index in [0.717, 1.165) is 22.2 Å². The molecule has 0 aromatic heterocycles. The van der Waals surface area contributed by atoms with E-state index in [9.17, 15) is 5.11 Å². The highest BCUT2D eigenvalue weighted by Crippen LogP contribution is 2.39. The first-order chi connectivity index (χ1) is 8.78.